The lowest BCUT2D eigenvalue weighted by atomic mass is 9.95. The number of nitrogens with zero attached hydrogens (tertiary/aromatic N) is 1. The van der Waals surface area contributed by atoms with Crippen molar-refractivity contribution in [2.45, 2.75) is 24.9 Å². The SMILES string of the molecule is O=C(Nc1ccc2nc(C(F)F)[nH]c2c1)C1(O)CCSCC1. The molecule has 1 aromatic carbocycles. The molecule has 0 spiro atoms. The second kappa shape index (κ2) is 5.85. The first-order valence-electron chi connectivity index (χ1n) is 6.87. The van der Waals surface area contributed by atoms with E-state index in [1.54, 1.807) is 23.9 Å². The van der Waals surface area contributed by atoms with Gasteiger partial charge in [-0.05, 0) is 42.5 Å². The van der Waals surface area contributed by atoms with Crippen LogP contribution in [0.3, 0.4) is 0 Å². The molecule has 1 fully saturated rings. The molecule has 2 aromatic rings. The molecule has 1 aliphatic heterocycles. The first kappa shape index (κ1) is 15.2. The molecule has 22 heavy (non-hydrogen) atoms. The number of carbonyl (C=O) groups excluding carboxylic acids is 1. The summed E-state index contributed by atoms with van der Waals surface area (Å²) >= 11 is 1.70. The largest absolute Gasteiger partial charge is 0.380 e. The number of benzene rings is 1. The molecule has 0 bridgehead atoms. The van der Waals surface area contributed by atoms with Crippen molar-refractivity contribution in [3.8, 4) is 0 Å². The van der Waals surface area contributed by atoms with Crippen molar-refractivity contribution < 1.29 is 18.7 Å². The van der Waals surface area contributed by atoms with Gasteiger partial charge in [-0.3, -0.25) is 4.79 Å². The van der Waals surface area contributed by atoms with Gasteiger partial charge in [-0.1, -0.05) is 0 Å². The van der Waals surface area contributed by atoms with Gasteiger partial charge in [0.2, 0.25) is 0 Å². The van der Waals surface area contributed by atoms with Crippen LogP contribution in [0.15, 0.2) is 18.2 Å². The highest BCUT2D eigenvalue weighted by molar-refractivity contribution is 7.99. The minimum absolute atomic E-state index is 0.401. The summed E-state index contributed by atoms with van der Waals surface area (Å²) in [5, 5.41) is 13.0. The number of imidazole rings is 1. The van der Waals surface area contributed by atoms with E-state index in [1.807, 2.05) is 0 Å². The van der Waals surface area contributed by atoms with Crippen molar-refractivity contribution in [1.29, 1.82) is 0 Å². The number of anilines is 1. The van der Waals surface area contributed by atoms with Crippen LogP contribution in [0.4, 0.5) is 14.5 Å². The van der Waals surface area contributed by atoms with E-state index in [2.05, 4.69) is 15.3 Å². The van der Waals surface area contributed by atoms with Gasteiger partial charge >= 0.3 is 0 Å². The van der Waals surface area contributed by atoms with E-state index in [-0.39, 0.29) is 0 Å². The van der Waals surface area contributed by atoms with Crippen LogP contribution in [-0.4, -0.2) is 38.1 Å². The molecule has 2 heterocycles. The van der Waals surface area contributed by atoms with Crippen LogP contribution in [0.5, 0.6) is 0 Å². The van der Waals surface area contributed by atoms with E-state index in [4.69, 9.17) is 0 Å². The number of fused-ring (bicyclic) bond motifs is 1. The monoisotopic (exact) mass is 327 g/mol. The average Bonchev–Trinajstić information content (AvgIpc) is 2.91. The van der Waals surface area contributed by atoms with Gasteiger partial charge in [-0.15, -0.1) is 0 Å². The summed E-state index contributed by atoms with van der Waals surface area (Å²) < 4.78 is 25.2. The second-order valence-electron chi connectivity index (χ2n) is 5.25. The number of aromatic nitrogens is 2. The lowest BCUT2D eigenvalue weighted by Crippen LogP contribution is -2.45. The van der Waals surface area contributed by atoms with Gasteiger partial charge in [-0.2, -0.15) is 11.8 Å². The molecule has 1 amide bonds. The fraction of sp³-hybridized carbons (Fsp3) is 0.429. The highest BCUT2D eigenvalue weighted by Gasteiger charge is 2.37. The van der Waals surface area contributed by atoms with Crippen molar-refractivity contribution in [2.24, 2.45) is 0 Å². The molecule has 5 nitrogen and oxygen atoms in total. The van der Waals surface area contributed by atoms with Crippen molar-refractivity contribution in [3.63, 3.8) is 0 Å². The lowest BCUT2D eigenvalue weighted by molar-refractivity contribution is -0.134. The van der Waals surface area contributed by atoms with Crippen LogP contribution in [0.2, 0.25) is 0 Å². The van der Waals surface area contributed by atoms with Crippen LogP contribution >= 0.6 is 11.8 Å². The maximum absolute atomic E-state index is 12.6. The number of alkyl halides is 2. The van der Waals surface area contributed by atoms with E-state index in [1.165, 1.54) is 6.07 Å². The quantitative estimate of drug-likeness (QED) is 0.810. The summed E-state index contributed by atoms with van der Waals surface area (Å²) in [5.41, 5.74) is -0.100. The number of thioether (sulfide) groups is 1. The van der Waals surface area contributed by atoms with Crippen LogP contribution in [0, 0.1) is 0 Å². The number of carbonyl (C=O) groups is 1. The highest BCUT2D eigenvalue weighted by Crippen LogP contribution is 2.29. The summed E-state index contributed by atoms with van der Waals surface area (Å²) in [5.74, 6) is 0.616. The molecular formula is C14H15F2N3O2S. The van der Waals surface area contributed by atoms with Crippen LogP contribution in [-0.2, 0) is 4.79 Å². The van der Waals surface area contributed by atoms with Gasteiger partial charge in [0.05, 0.1) is 11.0 Å². The Bertz CT molecular complexity index is 698. The normalized spacial score (nSPS) is 17.8. The molecule has 0 saturated carbocycles. The topological polar surface area (TPSA) is 78.0 Å². The van der Waals surface area contributed by atoms with E-state index >= 15 is 0 Å². The average molecular weight is 327 g/mol. The van der Waals surface area contributed by atoms with Crippen LogP contribution in [0.25, 0.3) is 11.0 Å². The fourth-order valence-corrected chi connectivity index (χ4v) is 3.56. The van der Waals surface area contributed by atoms with Gasteiger partial charge in [0.25, 0.3) is 12.3 Å². The third kappa shape index (κ3) is 2.93. The number of amides is 1. The van der Waals surface area contributed by atoms with Crippen molar-refractivity contribution in [2.75, 3.05) is 16.8 Å². The molecule has 3 rings (SSSR count). The van der Waals surface area contributed by atoms with Crippen LogP contribution < -0.4 is 5.32 Å². The zero-order valence-corrected chi connectivity index (χ0v) is 12.4. The Morgan fingerprint density at radius 1 is 1.41 bits per heavy atom. The number of rotatable bonds is 3. The first-order chi connectivity index (χ1) is 10.5. The zero-order chi connectivity index (χ0) is 15.7. The molecular weight excluding hydrogens is 312 g/mol. The number of nitrogens with one attached hydrogen (secondary N) is 2. The van der Waals surface area contributed by atoms with E-state index in [0.717, 1.165) is 11.5 Å². The maximum Gasteiger partial charge on any atom is 0.295 e. The first-order valence-corrected chi connectivity index (χ1v) is 8.03. The van der Waals surface area contributed by atoms with E-state index in [0.29, 0.717) is 29.6 Å². The Morgan fingerprint density at radius 3 is 2.82 bits per heavy atom. The number of hydrogen-bond acceptors (Lipinski definition) is 4. The fourth-order valence-electron chi connectivity index (χ4n) is 2.39. The van der Waals surface area contributed by atoms with Gasteiger partial charge in [0, 0.05) is 5.69 Å². The molecule has 8 heteroatoms. The number of H-pyrrole nitrogens is 1. The van der Waals surface area contributed by atoms with Gasteiger partial charge < -0.3 is 15.4 Å². The number of aliphatic hydroxyl groups is 1. The van der Waals surface area contributed by atoms with Crippen LogP contribution in [0.1, 0.15) is 25.1 Å². The minimum atomic E-state index is -2.68. The molecule has 0 radical (unpaired) electrons. The second-order valence-corrected chi connectivity index (χ2v) is 6.48. The van der Waals surface area contributed by atoms with Crippen molar-refractivity contribution >= 4 is 34.4 Å². The van der Waals surface area contributed by atoms with Crippen molar-refractivity contribution in [1.82, 2.24) is 9.97 Å². The number of aromatic amines is 1. The molecule has 0 atom stereocenters. The number of hydrogen-bond donors (Lipinski definition) is 3. The summed E-state index contributed by atoms with van der Waals surface area (Å²) in [7, 11) is 0. The summed E-state index contributed by atoms with van der Waals surface area (Å²) in [6, 6.07) is 4.67. The summed E-state index contributed by atoms with van der Waals surface area (Å²) in [6.07, 6.45) is -1.86. The third-order valence-electron chi connectivity index (χ3n) is 3.71. The molecule has 1 saturated heterocycles. The van der Waals surface area contributed by atoms with E-state index in [9.17, 15) is 18.7 Å². The predicted octanol–water partition coefficient (Wildman–Crippen LogP) is 2.70. The Hall–Kier alpha value is -1.67. The van der Waals surface area contributed by atoms with E-state index < -0.39 is 23.8 Å². The standard InChI is InChI=1S/C14H15F2N3O2S/c15-11(16)12-18-9-2-1-8(7-10(9)19-12)17-13(20)14(21)3-5-22-6-4-14/h1-2,7,11,21H,3-6H2,(H,17,20)(H,18,19). The Labute approximate surface area is 129 Å². The minimum Gasteiger partial charge on any atom is -0.380 e. The third-order valence-corrected chi connectivity index (χ3v) is 4.69. The van der Waals surface area contributed by atoms with Gasteiger partial charge in [0.1, 0.15) is 5.60 Å². The zero-order valence-electron chi connectivity index (χ0n) is 11.6. The Balaban J connectivity index is 1.80. The molecule has 1 aromatic heterocycles. The van der Waals surface area contributed by atoms with Crippen molar-refractivity contribution in [3.05, 3.63) is 24.0 Å². The summed E-state index contributed by atoms with van der Waals surface area (Å²) in [6.45, 7) is 0. The molecule has 3 N–H and O–H groups in total. The molecule has 118 valence electrons. The number of halogens is 2. The molecule has 0 unspecified atom stereocenters. The lowest BCUT2D eigenvalue weighted by Gasteiger charge is -2.30. The Kier molecular flexibility index (Phi) is 4.05. The predicted molar refractivity (Wildman–Crippen MR) is 81.2 cm³/mol. The summed E-state index contributed by atoms with van der Waals surface area (Å²) in [4.78, 5) is 18.5. The maximum atomic E-state index is 12.6. The highest BCUT2D eigenvalue weighted by atomic mass is 32.2. The molecule has 1 aliphatic rings. The Morgan fingerprint density at radius 2 is 2.14 bits per heavy atom. The van der Waals surface area contributed by atoms with Gasteiger partial charge in [-0.25, -0.2) is 13.8 Å². The van der Waals surface area contributed by atoms with Gasteiger partial charge in [0.15, 0.2) is 5.82 Å². The smallest absolute Gasteiger partial charge is 0.295 e. The molecule has 0 aliphatic carbocycles.